The van der Waals surface area contributed by atoms with Crippen LogP contribution in [0.4, 0.5) is 0 Å². The first-order valence-corrected chi connectivity index (χ1v) is 10.2. The molecule has 4 rings (SSSR count). The van der Waals surface area contributed by atoms with Crippen LogP contribution in [0.5, 0.6) is 17.2 Å². The van der Waals surface area contributed by atoms with Crippen molar-refractivity contribution in [3.8, 4) is 17.2 Å². The van der Waals surface area contributed by atoms with Crippen molar-refractivity contribution >= 4 is 12.0 Å². The van der Waals surface area contributed by atoms with Crippen molar-refractivity contribution in [3.63, 3.8) is 0 Å². The molecule has 1 amide bonds. The Balaban J connectivity index is 1.54. The molecule has 0 saturated carbocycles. The fraction of sp³-hybridized carbons (Fsp3) is 0.192. The number of hydrogen-bond donors (Lipinski definition) is 1. The summed E-state index contributed by atoms with van der Waals surface area (Å²) in [5.41, 5.74) is 4.08. The molecule has 0 aliphatic carbocycles. The van der Waals surface area contributed by atoms with Crippen LogP contribution in [0.2, 0.25) is 0 Å². The largest absolute Gasteiger partial charge is 0.497 e. The van der Waals surface area contributed by atoms with Gasteiger partial charge in [0.2, 0.25) is 5.91 Å². The van der Waals surface area contributed by atoms with Crippen LogP contribution in [-0.4, -0.2) is 26.7 Å². The van der Waals surface area contributed by atoms with E-state index in [4.69, 9.17) is 14.2 Å². The fourth-order valence-electron chi connectivity index (χ4n) is 3.62. The highest BCUT2D eigenvalue weighted by Crippen LogP contribution is 2.27. The maximum Gasteiger partial charge on any atom is 0.244 e. The maximum atomic E-state index is 12.8. The molecule has 0 spiro atoms. The molecule has 0 unspecified atom stereocenters. The summed E-state index contributed by atoms with van der Waals surface area (Å²) in [6, 6.07) is 21.1. The molecule has 31 heavy (non-hydrogen) atoms. The van der Waals surface area contributed by atoms with Crippen LogP contribution in [-0.2, 0) is 11.2 Å². The predicted octanol–water partition coefficient (Wildman–Crippen LogP) is 4.56. The van der Waals surface area contributed by atoms with Crippen molar-refractivity contribution in [2.45, 2.75) is 12.5 Å². The molecule has 1 aliphatic rings. The quantitative estimate of drug-likeness (QED) is 0.575. The molecule has 1 N–H and O–H groups in total. The molecule has 5 nitrogen and oxygen atoms in total. The van der Waals surface area contributed by atoms with Gasteiger partial charge in [0.05, 0.1) is 26.9 Å². The van der Waals surface area contributed by atoms with Crippen molar-refractivity contribution in [1.82, 2.24) is 5.32 Å². The van der Waals surface area contributed by atoms with Crippen LogP contribution in [0.15, 0.2) is 72.8 Å². The molecule has 3 aromatic rings. The molecule has 1 heterocycles. The maximum absolute atomic E-state index is 12.8. The molecule has 0 atom stereocenters. The van der Waals surface area contributed by atoms with Crippen LogP contribution >= 0.6 is 0 Å². The van der Waals surface area contributed by atoms with E-state index in [1.165, 1.54) is 5.56 Å². The minimum atomic E-state index is -0.303. The van der Waals surface area contributed by atoms with E-state index >= 15 is 0 Å². The van der Waals surface area contributed by atoms with E-state index in [0.717, 1.165) is 40.4 Å². The fourth-order valence-corrected chi connectivity index (χ4v) is 3.62. The van der Waals surface area contributed by atoms with Gasteiger partial charge in [0.25, 0.3) is 0 Å². The Hall–Kier alpha value is -3.73. The lowest BCUT2D eigenvalue weighted by molar-refractivity contribution is -0.116. The van der Waals surface area contributed by atoms with Crippen molar-refractivity contribution < 1.29 is 19.0 Å². The molecule has 0 fully saturated rings. The minimum absolute atomic E-state index is 0.173. The first-order chi connectivity index (χ1) is 15.2. The van der Waals surface area contributed by atoms with Crippen LogP contribution in [0.25, 0.3) is 6.08 Å². The van der Waals surface area contributed by atoms with Crippen LogP contribution in [0.3, 0.4) is 0 Å². The molecular weight excluding hydrogens is 390 g/mol. The van der Waals surface area contributed by atoms with Crippen LogP contribution < -0.4 is 19.5 Å². The van der Waals surface area contributed by atoms with Gasteiger partial charge in [-0.15, -0.1) is 0 Å². The lowest BCUT2D eigenvalue weighted by atomic mass is 9.98. The number of benzene rings is 3. The smallest absolute Gasteiger partial charge is 0.244 e. The number of rotatable bonds is 7. The summed E-state index contributed by atoms with van der Waals surface area (Å²) in [6.45, 7) is 0.717. The minimum Gasteiger partial charge on any atom is -0.497 e. The number of fused-ring (bicyclic) bond motifs is 1. The van der Waals surface area contributed by atoms with Gasteiger partial charge < -0.3 is 19.5 Å². The van der Waals surface area contributed by atoms with Crippen molar-refractivity contribution in [2.75, 3.05) is 20.8 Å². The summed E-state index contributed by atoms with van der Waals surface area (Å²) in [7, 11) is 3.27. The van der Waals surface area contributed by atoms with E-state index in [9.17, 15) is 4.79 Å². The summed E-state index contributed by atoms with van der Waals surface area (Å²) in [6.07, 6.45) is 4.30. The van der Waals surface area contributed by atoms with Gasteiger partial charge in [0, 0.05) is 12.5 Å². The molecule has 0 radical (unpaired) electrons. The highest BCUT2D eigenvalue weighted by molar-refractivity contribution is 5.92. The van der Waals surface area contributed by atoms with E-state index in [1.54, 1.807) is 20.3 Å². The predicted molar refractivity (Wildman–Crippen MR) is 121 cm³/mol. The lowest BCUT2D eigenvalue weighted by Gasteiger charge is -2.20. The second-order valence-corrected chi connectivity index (χ2v) is 7.29. The van der Waals surface area contributed by atoms with E-state index in [-0.39, 0.29) is 11.9 Å². The third-order valence-electron chi connectivity index (χ3n) is 5.33. The summed E-state index contributed by atoms with van der Waals surface area (Å²) < 4.78 is 16.1. The van der Waals surface area contributed by atoms with Gasteiger partial charge in [0.1, 0.15) is 17.2 Å². The number of hydrogen-bond acceptors (Lipinski definition) is 4. The van der Waals surface area contributed by atoms with Gasteiger partial charge in [-0.1, -0.05) is 30.3 Å². The number of carbonyl (C=O) groups is 1. The molecule has 0 saturated heterocycles. The molecule has 5 heteroatoms. The van der Waals surface area contributed by atoms with Gasteiger partial charge in [-0.25, -0.2) is 0 Å². The average Bonchev–Trinajstić information content (AvgIpc) is 3.29. The normalized spacial score (nSPS) is 12.5. The third kappa shape index (κ3) is 4.89. The SMILES string of the molecule is COc1ccc(C(NC(=O)/C=C/c2ccc3c(c2)CCO3)c2ccc(OC)cc2)cc1. The van der Waals surface area contributed by atoms with Crippen molar-refractivity contribution in [3.05, 3.63) is 95.1 Å². The second-order valence-electron chi connectivity index (χ2n) is 7.29. The molecule has 0 aromatic heterocycles. The van der Waals surface area contributed by atoms with Crippen LogP contribution in [0, 0.1) is 0 Å². The molecular formula is C26H25NO4. The van der Waals surface area contributed by atoms with Gasteiger partial charge in [0.15, 0.2) is 0 Å². The monoisotopic (exact) mass is 415 g/mol. The summed E-state index contributed by atoms with van der Waals surface area (Å²) >= 11 is 0. The Kier molecular flexibility index (Phi) is 6.22. The first kappa shape index (κ1) is 20.5. The zero-order valence-electron chi connectivity index (χ0n) is 17.6. The van der Waals surface area contributed by atoms with Gasteiger partial charge in [-0.05, 0) is 64.7 Å². The van der Waals surface area contributed by atoms with E-state index in [1.807, 2.05) is 66.7 Å². The highest BCUT2D eigenvalue weighted by atomic mass is 16.5. The summed E-state index contributed by atoms with van der Waals surface area (Å²) in [5, 5.41) is 3.12. The van der Waals surface area contributed by atoms with E-state index in [0.29, 0.717) is 6.61 Å². The van der Waals surface area contributed by atoms with Gasteiger partial charge in [-0.2, -0.15) is 0 Å². The zero-order chi connectivity index (χ0) is 21.6. The standard InChI is InChI=1S/C26H25NO4/c1-29-22-9-5-19(6-10-22)26(20-7-11-23(30-2)12-8-20)27-25(28)14-4-18-3-13-24-21(17-18)15-16-31-24/h3-14,17,26H,15-16H2,1-2H3,(H,27,28)/b14-4+. The number of ether oxygens (including phenoxy) is 3. The van der Waals surface area contributed by atoms with Gasteiger partial charge >= 0.3 is 0 Å². The molecule has 0 bridgehead atoms. The topological polar surface area (TPSA) is 56.8 Å². The lowest BCUT2D eigenvalue weighted by Crippen LogP contribution is -2.27. The zero-order valence-corrected chi connectivity index (χ0v) is 17.6. The number of nitrogens with one attached hydrogen (secondary N) is 1. The Morgan fingerprint density at radius 2 is 1.55 bits per heavy atom. The average molecular weight is 415 g/mol. The van der Waals surface area contributed by atoms with Gasteiger partial charge in [-0.3, -0.25) is 4.79 Å². The molecule has 1 aliphatic heterocycles. The summed E-state index contributed by atoms with van der Waals surface area (Å²) in [5.74, 6) is 2.29. The van der Waals surface area contributed by atoms with E-state index in [2.05, 4.69) is 11.4 Å². The van der Waals surface area contributed by atoms with Crippen LogP contribution in [0.1, 0.15) is 28.3 Å². The summed E-state index contributed by atoms with van der Waals surface area (Å²) in [4.78, 5) is 12.8. The molecule has 3 aromatic carbocycles. The van der Waals surface area contributed by atoms with Crippen molar-refractivity contribution in [2.24, 2.45) is 0 Å². The highest BCUT2D eigenvalue weighted by Gasteiger charge is 2.17. The second kappa shape index (κ2) is 9.39. The van der Waals surface area contributed by atoms with Crippen molar-refractivity contribution in [1.29, 1.82) is 0 Å². The Morgan fingerprint density at radius 3 is 2.13 bits per heavy atom. The third-order valence-corrected chi connectivity index (χ3v) is 5.33. The Morgan fingerprint density at radius 1 is 0.935 bits per heavy atom. The number of carbonyl (C=O) groups excluding carboxylic acids is 1. The first-order valence-electron chi connectivity index (χ1n) is 10.2. The Bertz CT molecular complexity index is 1020. The molecule has 158 valence electrons. The van der Waals surface area contributed by atoms with E-state index < -0.39 is 0 Å². The number of methoxy groups -OCH3 is 2. The Labute approximate surface area is 182 Å². The number of amides is 1.